The van der Waals surface area contributed by atoms with Crippen molar-refractivity contribution in [2.24, 2.45) is 0 Å². The van der Waals surface area contributed by atoms with E-state index in [-0.39, 0.29) is 0 Å². The van der Waals surface area contributed by atoms with Crippen LogP contribution in [0.5, 0.6) is 5.75 Å². The van der Waals surface area contributed by atoms with Gasteiger partial charge >= 0.3 is 0 Å². The molecule has 1 N–H and O–H groups in total. The van der Waals surface area contributed by atoms with E-state index in [1.54, 1.807) is 0 Å². The highest BCUT2D eigenvalue weighted by Gasteiger charge is 2.18. The summed E-state index contributed by atoms with van der Waals surface area (Å²) in [6, 6.07) is 3.92. The predicted molar refractivity (Wildman–Crippen MR) is 115 cm³/mol. The number of allylic oxidation sites excluding steroid dienone is 5. The van der Waals surface area contributed by atoms with E-state index in [1.165, 1.54) is 24.1 Å². The lowest BCUT2D eigenvalue weighted by molar-refractivity contribution is 0.155. The molecule has 0 aromatic heterocycles. The highest BCUT2D eigenvalue weighted by molar-refractivity contribution is 5.46. The Bertz CT molecular complexity index is 840. The third-order valence-electron chi connectivity index (χ3n) is 5.32. The Morgan fingerprint density at radius 2 is 1.89 bits per heavy atom. The fraction of sp³-hybridized carbons (Fsp3) is 0.417. The van der Waals surface area contributed by atoms with E-state index < -0.39 is 0 Å². The Morgan fingerprint density at radius 1 is 1.07 bits per heavy atom. The van der Waals surface area contributed by atoms with Gasteiger partial charge in [-0.25, -0.2) is 0 Å². The monoisotopic (exact) mass is 364 g/mol. The van der Waals surface area contributed by atoms with Gasteiger partial charge in [0.25, 0.3) is 0 Å². The molecule has 3 rings (SSSR count). The molecule has 1 aliphatic heterocycles. The van der Waals surface area contributed by atoms with Crippen LogP contribution < -0.4 is 10.4 Å². The molecule has 144 valence electrons. The first-order valence-electron chi connectivity index (χ1n) is 10.2. The molecule has 0 bridgehead atoms. The molecule has 3 heteroatoms. The third kappa shape index (κ3) is 4.92. The molecule has 0 spiro atoms. The largest absolute Gasteiger partial charge is 0.507 e. The second kappa shape index (κ2) is 9.61. The lowest BCUT2D eigenvalue weighted by Gasteiger charge is -2.37. The van der Waals surface area contributed by atoms with E-state index in [4.69, 9.17) is 0 Å². The summed E-state index contributed by atoms with van der Waals surface area (Å²) < 4.78 is 0. The van der Waals surface area contributed by atoms with Gasteiger partial charge < -0.3 is 10.0 Å². The summed E-state index contributed by atoms with van der Waals surface area (Å²) in [5.74, 6) is 0.372. The Kier molecular flexibility index (Phi) is 6.94. The molecule has 1 aromatic carbocycles. The summed E-state index contributed by atoms with van der Waals surface area (Å²) >= 11 is 0. The van der Waals surface area contributed by atoms with Crippen LogP contribution in [0.4, 0.5) is 0 Å². The summed E-state index contributed by atoms with van der Waals surface area (Å²) in [5, 5.41) is 12.4. The number of hydrogen-bond acceptors (Lipinski definition) is 3. The Morgan fingerprint density at radius 3 is 2.56 bits per heavy atom. The van der Waals surface area contributed by atoms with Crippen molar-refractivity contribution >= 4 is 12.2 Å². The number of nitrogens with zero attached hydrogens (tertiary/aromatic N) is 2. The first kappa shape index (κ1) is 19.5. The minimum atomic E-state index is 0.372. The van der Waals surface area contributed by atoms with Gasteiger partial charge in [0.15, 0.2) is 0 Å². The molecule has 0 amide bonds. The van der Waals surface area contributed by atoms with Crippen LogP contribution in [0.25, 0.3) is 12.2 Å². The topological polar surface area (TPSA) is 26.7 Å². The minimum Gasteiger partial charge on any atom is -0.507 e. The number of phenolic OH excluding ortho intramolecular Hbond substituents is 1. The van der Waals surface area contributed by atoms with Crippen LogP contribution in [-0.4, -0.2) is 41.1 Å². The summed E-state index contributed by atoms with van der Waals surface area (Å²) in [5.41, 5.74) is 2.68. The highest BCUT2D eigenvalue weighted by atomic mass is 16.3. The van der Waals surface area contributed by atoms with Crippen LogP contribution in [0, 0.1) is 0 Å². The molecule has 1 saturated heterocycles. The van der Waals surface area contributed by atoms with E-state index in [9.17, 15) is 5.11 Å². The van der Waals surface area contributed by atoms with Gasteiger partial charge in [-0.15, -0.1) is 0 Å². The van der Waals surface area contributed by atoms with Gasteiger partial charge in [-0.1, -0.05) is 49.4 Å². The maximum absolute atomic E-state index is 10.3. The van der Waals surface area contributed by atoms with Gasteiger partial charge in [0, 0.05) is 43.6 Å². The lowest BCUT2D eigenvalue weighted by Crippen LogP contribution is -2.46. The number of hydrogen-bond donors (Lipinski definition) is 1. The number of benzene rings is 1. The maximum atomic E-state index is 10.3. The molecule has 1 heterocycles. The molecule has 3 nitrogen and oxygen atoms in total. The van der Waals surface area contributed by atoms with Crippen LogP contribution in [0.15, 0.2) is 48.2 Å². The van der Waals surface area contributed by atoms with Crippen LogP contribution in [0.2, 0.25) is 0 Å². The molecule has 0 radical (unpaired) electrons. The van der Waals surface area contributed by atoms with Crippen molar-refractivity contribution in [3.8, 4) is 5.75 Å². The Balaban J connectivity index is 1.77. The van der Waals surface area contributed by atoms with E-state index in [0.29, 0.717) is 5.75 Å². The molecule has 1 aromatic rings. The second-order valence-electron chi connectivity index (χ2n) is 7.25. The first-order valence-corrected chi connectivity index (χ1v) is 10.2. The molecule has 1 aliphatic carbocycles. The van der Waals surface area contributed by atoms with Gasteiger partial charge in [0.05, 0.1) is 0 Å². The van der Waals surface area contributed by atoms with Crippen LogP contribution in [0.1, 0.15) is 38.7 Å². The van der Waals surface area contributed by atoms with E-state index >= 15 is 0 Å². The van der Waals surface area contributed by atoms with Gasteiger partial charge in [-0.05, 0) is 49.1 Å². The average molecular weight is 365 g/mol. The van der Waals surface area contributed by atoms with Crippen molar-refractivity contribution in [1.29, 1.82) is 0 Å². The van der Waals surface area contributed by atoms with E-state index in [2.05, 4.69) is 59.2 Å². The molecule has 0 unspecified atom stereocenters. The van der Waals surface area contributed by atoms with E-state index in [0.717, 1.165) is 49.6 Å². The molecular formula is C24H32N2O. The minimum absolute atomic E-state index is 0.372. The second-order valence-corrected chi connectivity index (χ2v) is 7.25. The smallest absolute Gasteiger partial charge is 0.123 e. The molecule has 0 saturated carbocycles. The number of phenols is 1. The van der Waals surface area contributed by atoms with Gasteiger partial charge in [-0.3, -0.25) is 4.90 Å². The SMILES string of the molecule is C\C=C/C=c1/c(CN2CCN(C3=CCCC=C3)CC2)ccc(O)/c1=C\CC. The van der Waals surface area contributed by atoms with Crippen molar-refractivity contribution in [2.75, 3.05) is 26.2 Å². The van der Waals surface area contributed by atoms with Gasteiger partial charge in [0.2, 0.25) is 0 Å². The Hall–Kier alpha value is -2.26. The number of rotatable bonds is 5. The van der Waals surface area contributed by atoms with Gasteiger partial charge in [-0.2, -0.15) is 0 Å². The summed E-state index contributed by atoms with van der Waals surface area (Å²) in [4.78, 5) is 5.03. The average Bonchev–Trinajstić information content (AvgIpc) is 2.71. The van der Waals surface area contributed by atoms with Crippen molar-refractivity contribution in [2.45, 2.75) is 39.7 Å². The van der Waals surface area contributed by atoms with Crippen molar-refractivity contribution in [3.63, 3.8) is 0 Å². The van der Waals surface area contributed by atoms with Crippen LogP contribution >= 0.6 is 0 Å². The zero-order chi connectivity index (χ0) is 19.1. The highest BCUT2D eigenvalue weighted by Crippen LogP contribution is 2.17. The zero-order valence-corrected chi connectivity index (χ0v) is 16.7. The fourth-order valence-corrected chi connectivity index (χ4v) is 3.85. The van der Waals surface area contributed by atoms with Crippen LogP contribution in [0.3, 0.4) is 0 Å². The van der Waals surface area contributed by atoms with Crippen molar-refractivity contribution in [1.82, 2.24) is 9.80 Å². The lowest BCUT2D eigenvalue weighted by atomic mass is 10.1. The summed E-state index contributed by atoms with van der Waals surface area (Å²) in [7, 11) is 0. The maximum Gasteiger partial charge on any atom is 0.123 e. The number of aromatic hydroxyl groups is 1. The molecule has 1 fully saturated rings. The van der Waals surface area contributed by atoms with E-state index in [1.807, 2.05) is 19.1 Å². The quantitative estimate of drug-likeness (QED) is 0.868. The predicted octanol–water partition coefficient (Wildman–Crippen LogP) is 3.29. The molecular weight excluding hydrogens is 332 g/mol. The Labute approximate surface area is 163 Å². The summed E-state index contributed by atoms with van der Waals surface area (Å²) in [6.07, 6.45) is 18.5. The third-order valence-corrected chi connectivity index (χ3v) is 5.32. The first-order chi connectivity index (χ1) is 13.2. The normalized spacial score (nSPS) is 19.9. The van der Waals surface area contributed by atoms with Crippen molar-refractivity contribution < 1.29 is 5.11 Å². The summed E-state index contributed by atoms with van der Waals surface area (Å²) in [6.45, 7) is 9.36. The molecule has 2 aliphatic rings. The van der Waals surface area contributed by atoms with Gasteiger partial charge in [0.1, 0.15) is 5.75 Å². The fourth-order valence-electron chi connectivity index (χ4n) is 3.85. The zero-order valence-electron chi connectivity index (χ0n) is 16.7. The molecule has 27 heavy (non-hydrogen) atoms. The standard InChI is InChI=1S/C24H32N2O/c1-3-5-12-22-20(13-14-24(27)23(22)9-4-2)19-25-15-17-26(18-16-25)21-10-7-6-8-11-21/h3,5,7,9-14,27H,4,6,8,15-19H2,1-2H3/b5-3-,22-12-,23-9-. The van der Waals surface area contributed by atoms with Crippen LogP contribution in [-0.2, 0) is 6.54 Å². The van der Waals surface area contributed by atoms with Crippen molar-refractivity contribution in [3.05, 3.63) is 64.2 Å². The molecule has 0 atom stereocenters. The number of piperazine rings is 1.